The molecule has 1 atom stereocenters. The van der Waals surface area contributed by atoms with Gasteiger partial charge in [-0.1, -0.05) is 30.3 Å². The van der Waals surface area contributed by atoms with Crippen molar-refractivity contribution in [1.29, 1.82) is 0 Å². The Morgan fingerprint density at radius 3 is 2.75 bits per heavy atom. The maximum absolute atomic E-state index is 12.8. The van der Waals surface area contributed by atoms with E-state index in [-0.39, 0.29) is 24.6 Å². The minimum Gasteiger partial charge on any atom is -0.465 e. The van der Waals surface area contributed by atoms with E-state index in [0.29, 0.717) is 6.54 Å². The average Bonchev–Trinajstić information content (AvgIpc) is 2.90. The number of hydrogen-bond donors (Lipinski definition) is 1. The lowest BCUT2D eigenvalue weighted by atomic mass is 9.92. The molecular weight excluding hydrogens is 304 g/mol. The zero-order chi connectivity index (χ0) is 16.9. The molecule has 1 aromatic carbocycles. The fourth-order valence-electron chi connectivity index (χ4n) is 3.68. The largest absolute Gasteiger partial charge is 0.465 e. The SMILES string of the molecule is COC(=O)C[NH2+][C@H]1C2=C(CCCC2)C(=O)N1CCc1ccccc1. The van der Waals surface area contributed by atoms with Crippen molar-refractivity contribution >= 4 is 11.9 Å². The predicted octanol–water partition coefficient (Wildman–Crippen LogP) is 1.00. The third-order valence-electron chi connectivity index (χ3n) is 4.94. The van der Waals surface area contributed by atoms with Crippen molar-refractivity contribution in [2.75, 3.05) is 20.2 Å². The van der Waals surface area contributed by atoms with E-state index in [1.54, 1.807) is 0 Å². The lowest BCUT2D eigenvalue weighted by Gasteiger charge is -2.25. The number of carbonyl (C=O) groups excluding carboxylic acids is 2. The van der Waals surface area contributed by atoms with Crippen LogP contribution in [0.4, 0.5) is 0 Å². The summed E-state index contributed by atoms with van der Waals surface area (Å²) >= 11 is 0. The van der Waals surface area contributed by atoms with Gasteiger partial charge in [-0.05, 0) is 37.7 Å². The number of nitrogens with zero attached hydrogens (tertiary/aromatic N) is 1. The minimum absolute atomic E-state index is 0.0457. The van der Waals surface area contributed by atoms with Crippen LogP contribution in [0.1, 0.15) is 31.2 Å². The van der Waals surface area contributed by atoms with E-state index in [4.69, 9.17) is 4.74 Å². The summed E-state index contributed by atoms with van der Waals surface area (Å²) in [4.78, 5) is 26.3. The molecule has 24 heavy (non-hydrogen) atoms. The van der Waals surface area contributed by atoms with Gasteiger partial charge in [0.2, 0.25) is 0 Å². The molecule has 0 saturated carbocycles. The molecule has 0 saturated heterocycles. The smallest absolute Gasteiger partial charge is 0.361 e. The molecule has 0 spiro atoms. The lowest BCUT2D eigenvalue weighted by Crippen LogP contribution is -2.94. The van der Waals surface area contributed by atoms with Crippen LogP contribution in [0.3, 0.4) is 0 Å². The summed E-state index contributed by atoms with van der Waals surface area (Å²) in [6.07, 6.45) is 4.83. The summed E-state index contributed by atoms with van der Waals surface area (Å²) in [6, 6.07) is 10.2. The normalized spacial score (nSPS) is 20.3. The van der Waals surface area contributed by atoms with Crippen molar-refractivity contribution in [1.82, 2.24) is 4.90 Å². The van der Waals surface area contributed by atoms with Crippen LogP contribution in [0.25, 0.3) is 0 Å². The Morgan fingerprint density at radius 1 is 1.25 bits per heavy atom. The van der Waals surface area contributed by atoms with E-state index in [2.05, 4.69) is 12.1 Å². The monoisotopic (exact) mass is 329 g/mol. The fourth-order valence-corrected chi connectivity index (χ4v) is 3.68. The first-order chi connectivity index (χ1) is 11.7. The van der Waals surface area contributed by atoms with E-state index in [0.717, 1.165) is 37.7 Å². The minimum atomic E-state index is -0.254. The molecule has 1 aliphatic carbocycles. The van der Waals surface area contributed by atoms with Gasteiger partial charge in [-0.2, -0.15) is 0 Å². The predicted molar refractivity (Wildman–Crippen MR) is 89.9 cm³/mol. The summed E-state index contributed by atoms with van der Waals surface area (Å²) < 4.78 is 4.75. The zero-order valence-corrected chi connectivity index (χ0v) is 14.2. The number of quaternary nitrogens is 1. The van der Waals surface area contributed by atoms with Crippen LogP contribution in [0.2, 0.25) is 0 Å². The van der Waals surface area contributed by atoms with Crippen molar-refractivity contribution in [2.45, 2.75) is 38.3 Å². The van der Waals surface area contributed by atoms with E-state index < -0.39 is 0 Å². The first-order valence-electron chi connectivity index (χ1n) is 8.67. The number of ether oxygens (including phenoxy) is 1. The molecule has 3 rings (SSSR count). The van der Waals surface area contributed by atoms with Crippen LogP contribution < -0.4 is 5.32 Å². The Morgan fingerprint density at radius 2 is 2.00 bits per heavy atom. The highest BCUT2D eigenvalue weighted by Crippen LogP contribution is 2.34. The third-order valence-corrected chi connectivity index (χ3v) is 4.94. The zero-order valence-electron chi connectivity index (χ0n) is 14.2. The van der Waals surface area contributed by atoms with E-state index >= 15 is 0 Å². The van der Waals surface area contributed by atoms with Gasteiger partial charge in [0.25, 0.3) is 5.91 Å². The highest BCUT2D eigenvalue weighted by atomic mass is 16.5. The highest BCUT2D eigenvalue weighted by Gasteiger charge is 2.41. The van der Waals surface area contributed by atoms with Crippen LogP contribution in [0.15, 0.2) is 41.5 Å². The highest BCUT2D eigenvalue weighted by molar-refractivity contribution is 5.97. The number of methoxy groups -OCH3 is 1. The number of rotatable bonds is 6. The molecule has 1 aliphatic heterocycles. The van der Waals surface area contributed by atoms with E-state index in [1.807, 2.05) is 28.4 Å². The molecule has 0 radical (unpaired) electrons. The number of nitrogens with two attached hydrogens (primary N) is 1. The van der Waals surface area contributed by atoms with Crippen LogP contribution in [0, 0.1) is 0 Å². The van der Waals surface area contributed by atoms with Crippen LogP contribution in [-0.4, -0.2) is 43.1 Å². The summed E-state index contributed by atoms with van der Waals surface area (Å²) in [5, 5.41) is 1.95. The molecule has 0 aromatic heterocycles. The maximum Gasteiger partial charge on any atom is 0.361 e. The Bertz CT molecular complexity index is 639. The van der Waals surface area contributed by atoms with Gasteiger partial charge in [0.15, 0.2) is 12.7 Å². The molecule has 0 unspecified atom stereocenters. The van der Waals surface area contributed by atoms with Gasteiger partial charge in [-0.15, -0.1) is 0 Å². The van der Waals surface area contributed by atoms with Gasteiger partial charge >= 0.3 is 5.97 Å². The van der Waals surface area contributed by atoms with Gasteiger partial charge in [0.1, 0.15) is 0 Å². The lowest BCUT2D eigenvalue weighted by molar-refractivity contribution is -0.687. The van der Waals surface area contributed by atoms with Gasteiger partial charge in [-0.3, -0.25) is 9.69 Å². The first-order valence-corrected chi connectivity index (χ1v) is 8.67. The van der Waals surface area contributed by atoms with Crippen molar-refractivity contribution in [3.63, 3.8) is 0 Å². The Hall–Kier alpha value is -2.14. The molecule has 5 nitrogen and oxygen atoms in total. The summed E-state index contributed by atoms with van der Waals surface area (Å²) in [7, 11) is 1.40. The molecule has 5 heteroatoms. The number of carbonyl (C=O) groups is 2. The fraction of sp³-hybridized carbons (Fsp3) is 0.474. The van der Waals surface area contributed by atoms with Crippen molar-refractivity contribution < 1.29 is 19.6 Å². The Labute approximate surface area is 142 Å². The molecule has 2 N–H and O–H groups in total. The topological polar surface area (TPSA) is 63.2 Å². The molecule has 1 amide bonds. The molecule has 1 aromatic rings. The summed E-state index contributed by atoms with van der Waals surface area (Å²) in [5.41, 5.74) is 3.44. The van der Waals surface area contributed by atoms with E-state index in [1.165, 1.54) is 18.2 Å². The quantitative estimate of drug-likeness (QED) is 0.792. The number of amides is 1. The number of esters is 1. The molecule has 0 bridgehead atoms. The van der Waals surface area contributed by atoms with Crippen LogP contribution in [-0.2, 0) is 20.7 Å². The van der Waals surface area contributed by atoms with Gasteiger partial charge in [-0.25, -0.2) is 4.79 Å². The Balaban J connectivity index is 1.72. The van der Waals surface area contributed by atoms with Crippen molar-refractivity contribution in [3.8, 4) is 0 Å². The molecule has 0 fully saturated rings. The average molecular weight is 329 g/mol. The molecule has 2 aliphatic rings. The second kappa shape index (κ2) is 7.62. The second-order valence-corrected chi connectivity index (χ2v) is 6.41. The summed E-state index contributed by atoms with van der Waals surface area (Å²) in [5.74, 6) is -0.0953. The molecule has 128 valence electrons. The summed E-state index contributed by atoms with van der Waals surface area (Å²) in [6.45, 7) is 0.922. The van der Waals surface area contributed by atoms with Gasteiger partial charge in [0, 0.05) is 17.7 Å². The molecule has 1 heterocycles. The third kappa shape index (κ3) is 3.51. The molecular formula is C19H25N2O3+. The van der Waals surface area contributed by atoms with Gasteiger partial charge in [0.05, 0.1) is 7.11 Å². The van der Waals surface area contributed by atoms with Gasteiger partial charge < -0.3 is 10.1 Å². The van der Waals surface area contributed by atoms with Crippen LogP contribution >= 0.6 is 0 Å². The first kappa shape index (κ1) is 16.7. The number of hydrogen-bond acceptors (Lipinski definition) is 3. The van der Waals surface area contributed by atoms with Crippen LogP contribution in [0.5, 0.6) is 0 Å². The van der Waals surface area contributed by atoms with Crippen molar-refractivity contribution in [3.05, 3.63) is 47.0 Å². The second-order valence-electron chi connectivity index (χ2n) is 6.41. The standard InChI is InChI=1S/C19H24N2O3/c1-24-17(22)13-20-18-15-9-5-6-10-16(15)19(23)21(18)12-11-14-7-3-2-4-8-14/h2-4,7-8,18,20H,5-6,9-13H2,1H3/p+1/t18-/m1/s1. The number of benzene rings is 1. The van der Waals surface area contributed by atoms with Crippen molar-refractivity contribution in [2.24, 2.45) is 0 Å². The maximum atomic E-state index is 12.8. The Kier molecular flexibility index (Phi) is 5.30. The van der Waals surface area contributed by atoms with E-state index in [9.17, 15) is 9.59 Å².